The molecular weight excluding hydrogens is 192 g/mol. The molecule has 0 aromatic rings. The average Bonchev–Trinajstić information content (AvgIpc) is 2.60. The number of fused-ring (bicyclic) bond motifs is 2. The summed E-state index contributed by atoms with van der Waals surface area (Å²) in [6, 6.07) is 0.897. The topological polar surface area (TPSA) is 15.3 Å². The zero-order valence-electron chi connectivity index (χ0n) is 8.75. The first-order valence-electron chi connectivity index (χ1n) is 5.57. The molecule has 0 aromatic heterocycles. The van der Waals surface area contributed by atoms with Crippen LogP contribution in [0.3, 0.4) is 0 Å². The van der Waals surface area contributed by atoms with E-state index in [9.17, 15) is 0 Å². The molecule has 0 amide bonds. The summed E-state index contributed by atoms with van der Waals surface area (Å²) >= 11 is 2.18. The second-order valence-electron chi connectivity index (χ2n) is 4.76. The van der Waals surface area contributed by atoms with E-state index in [0.29, 0.717) is 0 Å². The molecule has 2 unspecified atom stereocenters. The Morgan fingerprint density at radius 3 is 2.93 bits per heavy atom. The first-order chi connectivity index (χ1) is 6.83. The van der Waals surface area contributed by atoms with E-state index in [1.807, 2.05) is 0 Å². The summed E-state index contributed by atoms with van der Waals surface area (Å²) in [7, 11) is 0. The Hall–Kier alpha value is 0.01000. The summed E-state index contributed by atoms with van der Waals surface area (Å²) in [5.41, 5.74) is 3.28. The fourth-order valence-electron chi connectivity index (χ4n) is 2.64. The molecule has 3 heterocycles. The van der Waals surface area contributed by atoms with Gasteiger partial charge in [-0.05, 0) is 18.9 Å². The van der Waals surface area contributed by atoms with Crippen LogP contribution in [0.2, 0.25) is 0 Å². The molecule has 3 aliphatic rings. The SMILES string of the molecule is CC(CN1CC2CC1CS2)=C1CNC1. The van der Waals surface area contributed by atoms with Crippen LogP contribution < -0.4 is 5.32 Å². The number of nitrogens with zero attached hydrogens (tertiary/aromatic N) is 1. The van der Waals surface area contributed by atoms with Crippen LogP contribution in [-0.4, -0.2) is 48.1 Å². The lowest BCUT2D eigenvalue weighted by Crippen LogP contribution is -2.39. The lowest BCUT2D eigenvalue weighted by molar-refractivity contribution is 0.290. The highest BCUT2D eigenvalue weighted by Gasteiger charge is 2.38. The van der Waals surface area contributed by atoms with E-state index >= 15 is 0 Å². The van der Waals surface area contributed by atoms with Crippen LogP contribution in [0, 0.1) is 0 Å². The molecule has 0 radical (unpaired) electrons. The molecule has 3 aliphatic heterocycles. The maximum Gasteiger partial charge on any atom is 0.0201 e. The van der Waals surface area contributed by atoms with Crippen molar-refractivity contribution >= 4 is 11.8 Å². The molecule has 2 bridgehead atoms. The third kappa shape index (κ3) is 1.51. The summed E-state index contributed by atoms with van der Waals surface area (Å²) in [6.07, 6.45) is 1.45. The van der Waals surface area contributed by atoms with Crippen LogP contribution in [0.4, 0.5) is 0 Å². The van der Waals surface area contributed by atoms with Crippen LogP contribution in [-0.2, 0) is 0 Å². The molecule has 78 valence electrons. The van der Waals surface area contributed by atoms with Crippen LogP contribution in [0.1, 0.15) is 13.3 Å². The minimum Gasteiger partial charge on any atom is -0.309 e. The molecule has 0 spiro atoms. The normalized spacial score (nSPS) is 36.2. The molecule has 0 saturated carbocycles. The fourth-order valence-corrected chi connectivity index (χ4v) is 4.14. The van der Waals surface area contributed by atoms with Gasteiger partial charge in [0.2, 0.25) is 0 Å². The molecule has 2 atom stereocenters. The summed E-state index contributed by atoms with van der Waals surface area (Å²) in [4.78, 5) is 2.70. The van der Waals surface area contributed by atoms with Crippen molar-refractivity contribution in [1.82, 2.24) is 10.2 Å². The molecule has 3 rings (SSSR count). The van der Waals surface area contributed by atoms with Crippen LogP contribution >= 0.6 is 11.8 Å². The van der Waals surface area contributed by atoms with E-state index in [1.165, 1.54) is 25.3 Å². The fraction of sp³-hybridized carbons (Fsp3) is 0.818. The second-order valence-corrected chi connectivity index (χ2v) is 6.10. The van der Waals surface area contributed by atoms with Gasteiger partial charge in [-0.2, -0.15) is 11.8 Å². The highest BCUT2D eigenvalue weighted by atomic mass is 32.2. The van der Waals surface area contributed by atoms with Gasteiger partial charge in [0, 0.05) is 43.2 Å². The summed E-state index contributed by atoms with van der Waals surface area (Å²) < 4.78 is 0. The summed E-state index contributed by atoms with van der Waals surface area (Å²) in [5, 5.41) is 4.28. The molecular formula is C11H18N2S. The van der Waals surface area contributed by atoms with E-state index in [2.05, 4.69) is 28.9 Å². The maximum absolute atomic E-state index is 3.32. The van der Waals surface area contributed by atoms with Gasteiger partial charge in [-0.15, -0.1) is 0 Å². The Morgan fingerprint density at radius 1 is 1.57 bits per heavy atom. The largest absolute Gasteiger partial charge is 0.309 e. The average molecular weight is 210 g/mol. The van der Waals surface area contributed by atoms with Crippen molar-refractivity contribution in [2.45, 2.75) is 24.6 Å². The molecule has 0 aliphatic carbocycles. The number of hydrogen-bond acceptors (Lipinski definition) is 3. The van der Waals surface area contributed by atoms with Crippen LogP contribution in [0.25, 0.3) is 0 Å². The van der Waals surface area contributed by atoms with Gasteiger partial charge < -0.3 is 5.32 Å². The predicted molar refractivity (Wildman–Crippen MR) is 61.8 cm³/mol. The Morgan fingerprint density at radius 2 is 2.43 bits per heavy atom. The van der Waals surface area contributed by atoms with Gasteiger partial charge in [-0.25, -0.2) is 0 Å². The molecule has 2 nitrogen and oxygen atoms in total. The van der Waals surface area contributed by atoms with E-state index in [1.54, 1.807) is 11.1 Å². The third-order valence-electron chi connectivity index (χ3n) is 3.73. The van der Waals surface area contributed by atoms with Crippen molar-refractivity contribution in [3.8, 4) is 0 Å². The maximum atomic E-state index is 3.32. The number of thioether (sulfide) groups is 1. The Kier molecular flexibility index (Phi) is 2.34. The van der Waals surface area contributed by atoms with Gasteiger partial charge in [0.25, 0.3) is 0 Å². The van der Waals surface area contributed by atoms with E-state index in [0.717, 1.165) is 24.4 Å². The van der Waals surface area contributed by atoms with Gasteiger partial charge >= 0.3 is 0 Å². The monoisotopic (exact) mass is 210 g/mol. The number of likely N-dealkylation sites (tertiary alicyclic amines) is 1. The van der Waals surface area contributed by atoms with Gasteiger partial charge in [0.15, 0.2) is 0 Å². The highest BCUT2D eigenvalue weighted by Crippen LogP contribution is 2.37. The smallest absolute Gasteiger partial charge is 0.0201 e. The Balaban J connectivity index is 1.62. The molecule has 3 fully saturated rings. The van der Waals surface area contributed by atoms with Gasteiger partial charge in [-0.3, -0.25) is 4.90 Å². The lowest BCUT2D eigenvalue weighted by Gasteiger charge is -2.29. The van der Waals surface area contributed by atoms with Crippen LogP contribution in [0.15, 0.2) is 11.1 Å². The highest BCUT2D eigenvalue weighted by molar-refractivity contribution is 8.00. The van der Waals surface area contributed by atoms with Gasteiger partial charge in [0.1, 0.15) is 0 Å². The van der Waals surface area contributed by atoms with Crippen molar-refractivity contribution in [1.29, 1.82) is 0 Å². The van der Waals surface area contributed by atoms with Crippen molar-refractivity contribution in [2.24, 2.45) is 0 Å². The second kappa shape index (κ2) is 3.54. The zero-order valence-corrected chi connectivity index (χ0v) is 9.57. The Labute approximate surface area is 90.1 Å². The zero-order chi connectivity index (χ0) is 9.54. The van der Waals surface area contributed by atoms with Gasteiger partial charge in [-0.1, -0.05) is 5.57 Å². The molecule has 3 heteroatoms. The summed E-state index contributed by atoms with van der Waals surface area (Å²) in [5.74, 6) is 1.38. The van der Waals surface area contributed by atoms with Crippen molar-refractivity contribution in [3.05, 3.63) is 11.1 Å². The molecule has 3 saturated heterocycles. The quantitative estimate of drug-likeness (QED) is 0.687. The molecule has 0 aromatic carbocycles. The Bertz CT molecular complexity index is 268. The third-order valence-corrected chi connectivity index (χ3v) is 5.12. The van der Waals surface area contributed by atoms with Gasteiger partial charge in [0.05, 0.1) is 0 Å². The predicted octanol–water partition coefficient (Wildman–Crippen LogP) is 1.10. The van der Waals surface area contributed by atoms with E-state index < -0.39 is 0 Å². The number of rotatable bonds is 2. The van der Waals surface area contributed by atoms with Crippen LogP contribution in [0.5, 0.6) is 0 Å². The minimum absolute atomic E-state index is 0.897. The standard InChI is InChI=1S/C11H18N2S/c1-8(9-3-12-4-9)5-13-6-11-2-10(13)7-14-11/h10-12H,2-7H2,1H3. The first-order valence-corrected chi connectivity index (χ1v) is 6.61. The number of hydrogen-bond donors (Lipinski definition) is 1. The summed E-state index contributed by atoms with van der Waals surface area (Å²) in [6.45, 7) is 7.17. The van der Waals surface area contributed by atoms with E-state index in [-0.39, 0.29) is 0 Å². The number of nitrogens with one attached hydrogen (secondary N) is 1. The molecule has 14 heavy (non-hydrogen) atoms. The van der Waals surface area contributed by atoms with Crippen molar-refractivity contribution in [3.63, 3.8) is 0 Å². The van der Waals surface area contributed by atoms with Crippen molar-refractivity contribution in [2.75, 3.05) is 31.9 Å². The van der Waals surface area contributed by atoms with E-state index in [4.69, 9.17) is 0 Å². The van der Waals surface area contributed by atoms with Crippen molar-refractivity contribution < 1.29 is 0 Å². The molecule has 1 N–H and O–H groups in total. The lowest BCUT2D eigenvalue weighted by atomic mass is 10.0. The minimum atomic E-state index is 0.897. The first kappa shape index (κ1) is 9.25.